The van der Waals surface area contributed by atoms with Gasteiger partial charge in [-0.15, -0.1) is 0 Å². The molecule has 1 saturated heterocycles. The van der Waals surface area contributed by atoms with E-state index in [1.54, 1.807) is 6.92 Å². The first-order chi connectivity index (χ1) is 9.76. The zero-order valence-corrected chi connectivity index (χ0v) is 12.5. The zero-order valence-electron chi connectivity index (χ0n) is 11.7. The Balaban J connectivity index is 2.17. The van der Waals surface area contributed by atoms with Gasteiger partial charge in [0, 0.05) is 24.4 Å². The SMILES string of the molecule is CC(C(=O)Nc1ccc(F)c(NS(C)(=O)=O)c1)=C1CNC1. The van der Waals surface area contributed by atoms with Gasteiger partial charge in [-0.05, 0) is 30.7 Å². The van der Waals surface area contributed by atoms with Gasteiger partial charge in [0.05, 0.1) is 11.9 Å². The van der Waals surface area contributed by atoms with Crippen molar-refractivity contribution in [3.05, 3.63) is 35.2 Å². The number of amides is 1. The molecule has 6 nitrogen and oxygen atoms in total. The lowest BCUT2D eigenvalue weighted by Gasteiger charge is -2.21. The summed E-state index contributed by atoms with van der Waals surface area (Å²) in [6.07, 6.45) is 0.926. The van der Waals surface area contributed by atoms with Crippen LogP contribution in [0.5, 0.6) is 0 Å². The van der Waals surface area contributed by atoms with E-state index in [0.29, 0.717) is 24.4 Å². The lowest BCUT2D eigenvalue weighted by molar-refractivity contribution is -0.112. The van der Waals surface area contributed by atoms with Crippen molar-refractivity contribution in [3.8, 4) is 0 Å². The highest BCUT2D eigenvalue weighted by molar-refractivity contribution is 7.92. The number of benzene rings is 1. The Labute approximate surface area is 122 Å². The van der Waals surface area contributed by atoms with Gasteiger partial charge in [0.25, 0.3) is 5.91 Å². The molecule has 1 fully saturated rings. The number of carbonyl (C=O) groups is 1. The largest absolute Gasteiger partial charge is 0.322 e. The van der Waals surface area contributed by atoms with Crippen LogP contribution < -0.4 is 15.4 Å². The van der Waals surface area contributed by atoms with Gasteiger partial charge in [0.15, 0.2) is 0 Å². The molecule has 2 rings (SSSR count). The number of halogens is 1. The molecule has 0 aliphatic carbocycles. The lowest BCUT2D eigenvalue weighted by atomic mass is 10.0. The molecule has 21 heavy (non-hydrogen) atoms. The molecule has 1 aromatic rings. The molecule has 1 amide bonds. The van der Waals surface area contributed by atoms with Crippen LogP contribution in [-0.2, 0) is 14.8 Å². The topological polar surface area (TPSA) is 87.3 Å². The minimum atomic E-state index is -3.59. The van der Waals surface area contributed by atoms with Crippen LogP contribution in [0.2, 0.25) is 0 Å². The third-order valence-electron chi connectivity index (χ3n) is 3.07. The van der Waals surface area contributed by atoms with E-state index in [2.05, 4.69) is 15.4 Å². The molecule has 0 radical (unpaired) electrons. The number of sulfonamides is 1. The first-order valence-electron chi connectivity index (χ1n) is 6.24. The second-order valence-corrected chi connectivity index (χ2v) is 6.60. The molecule has 3 N–H and O–H groups in total. The minimum absolute atomic E-state index is 0.203. The number of hydrogen-bond acceptors (Lipinski definition) is 4. The summed E-state index contributed by atoms with van der Waals surface area (Å²) >= 11 is 0. The maximum atomic E-state index is 13.5. The van der Waals surface area contributed by atoms with Crippen molar-refractivity contribution in [1.29, 1.82) is 0 Å². The average molecular weight is 313 g/mol. The van der Waals surface area contributed by atoms with Crippen LogP contribution in [0.25, 0.3) is 0 Å². The van der Waals surface area contributed by atoms with Crippen molar-refractivity contribution in [1.82, 2.24) is 5.32 Å². The highest BCUT2D eigenvalue weighted by Crippen LogP contribution is 2.21. The van der Waals surface area contributed by atoms with Gasteiger partial charge in [0.1, 0.15) is 5.82 Å². The third kappa shape index (κ3) is 4.02. The average Bonchev–Trinajstić information content (AvgIpc) is 2.29. The summed E-state index contributed by atoms with van der Waals surface area (Å²) in [7, 11) is -3.59. The van der Waals surface area contributed by atoms with Crippen LogP contribution in [0.1, 0.15) is 6.92 Å². The molecule has 0 bridgehead atoms. The molecule has 1 heterocycles. The summed E-state index contributed by atoms with van der Waals surface area (Å²) in [5.41, 5.74) is 1.74. The summed E-state index contributed by atoms with van der Waals surface area (Å²) in [6, 6.07) is 3.71. The Morgan fingerprint density at radius 3 is 2.52 bits per heavy atom. The van der Waals surface area contributed by atoms with Crippen molar-refractivity contribution >= 4 is 27.3 Å². The standard InChI is InChI=1S/C13H16FN3O3S/c1-8(9-6-15-7-9)13(18)16-10-3-4-11(14)12(5-10)17-21(2,19)20/h3-5,15,17H,6-7H2,1-2H3,(H,16,18). The Bertz CT molecular complexity index is 707. The minimum Gasteiger partial charge on any atom is -0.322 e. The molecule has 8 heteroatoms. The predicted octanol–water partition coefficient (Wildman–Crippen LogP) is 1.06. The summed E-state index contributed by atoms with van der Waals surface area (Å²) in [5.74, 6) is -1.000. The van der Waals surface area contributed by atoms with Crippen molar-refractivity contribution in [2.24, 2.45) is 0 Å². The van der Waals surface area contributed by atoms with Crippen molar-refractivity contribution < 1.29 is 17.6 Å². The van der Waals surface area contributed by atoms with E-state index in [1.165, 1.54) is 12.1 Å². The molecular formula is C13H16FN3O3S. The molecule has 1 aliphatic rings. The first kappa shape index (κ1) is 15.5. The number of anilines is 2. The van der Waals surface area contributed by atoms with E-state index >= 15 is 0 Å². The van der Waals surface area contributed by atoms with Crippen molar-refractivity contribution in [2.45, 2.75) is 6.92 Å². The molecular weight excluding hydrogens is 297 g/mol. The Kier molecular flexibility index (Phi) is 4.29. The summed E-state index contributed by atoms with van der Waals surface area (Å²) in [5, 5.41) is 5.66. The summed E-state index contributed by atoms with van der Waals surface area (Å²) in [6.45, 7) is 3.08. The Morgan fingerprint density at radius 2 is 2.00 bits per heavy atom. The molecule has 114 valence electrons. The maximum Gasteiger partial charge on any atom is 0.251 e. The Morgan fingerprint density at radius 1 is 1.33 bits per heavy atom. The maximum absolute atomic E-state index is 13.5. The van der Waals surface area contributed by atoms with Gasteiger partial charge in [-0.2, -0.15) is 0 Å². The molecule has 1 aliphatic heterocycles. The smallest absolute Gasteiger partial charge is 0.251 e. The van der Waals surface area contributed by atoms with Gasteiger partial charge < -0.3 is 10.6 Å². The molecule has 0 spiro atoms. The molecule has 1 aromatic carbocycles. The number of hydrogen-bond donors (Lipinski definition) is 3. The molecule has 0 unspecified atom stereocenters. The van der Waals surface area contributed by atoms with Gasteiger partial charge in [-0.25, -0.2) is 12.8 Å². The van der Waals surface area contributed by atoms with Gasteiger partial charge >= 0.3 is 0 Å². The second kappa shape index (κ2) is 5.82. The number of carbonyl (C=O) groups excluding carboxylic acids is 1. The zero-order chi connectivity index (χ0) is 15.6. The van der Waals surface area contributed by atoms with Crippen molar-refractivity contribution in [2.75, 3.05) is 29.4 Å². The van der Waals surface area contributed by atoms with Crippen LogP contribution in [0.3, 0.4) is 0 Å². The number of rotatable bonds is 4. The van der Waals surface area contributed by atoms with Gasteiger partial charge in [0.2, 0.25) is 10.0 Å². The van der Waals surface area contributed by atoms with E-state index in [-0.39, 0.29) is 11.6 Å². The highest BCUT2D eigenvalue weighted by Gasteiger charge is 2.16. The summed E-state index contributed by atoms with van der Waals surface area (Å²) in [4.78, 5) is 12.0. The normalized spacial score (nSPS) is 14.3. The third-order valence-corrected chi connectivity index (χ3v) is 3.66. The van der Waals surface area contributed by atoms with E-state index in [0.717, 1.165) is 17.9 Å². The first-order valence-corrected chi connectivity index (χ1v) is 8.13. The van der Waals surface area contributed by atoms with Crippen LogP contribution >= 0.6 is 0 Å². The summed E-state index contributed by atoms with van der Waals surface area (Å²) < 4.78 is 37.9. The lowest BCUT2D eigenvalue weighted by Crippen LogP contribution is -2.36. The Hall–Kier alpha value is -1.93. The van der Waals surface area contributed by atoms with E-state index in [1.807, 2.05) is 0 Å². The monoisotopic (exact) mass is 313 g/mol. The van der Waals surface area contributed by atoms with Crippen LogP contribution in [-0.4, -0.2) is 33.7 Å². The quantitative estimate of drug-likeness (QED) is 0.725. The number of nitrogens with one attached hydrogen (secondary N) is 3. The highest BCUT2D eigenvalue weighted by atomic mass is 32.2. The fourth-order valence-corrected chi connectivity index (χ4v) is 2.34. The van der Waals surface area contributed by atoms with Crippen molar-refractivity contribution in [3.63, 3.8) is 0 Å². The van der Waals surface area contributed by atoms with E-state index in [4.69, 9.17) is 0 Å². The predicted molar refractivity (Wildman–Crippen MR) is 79.1 cm³/mol. The molecule has 0 saturated carbocycles. The fraction of sp³-hybridized carbons (Fsp3) is 0.308. The van der Waals surface area contributed by atoms with Gasteiger partial charge in [-0.1, -0.05) is 0 Å². The van der Waals surface area contributed by atoms with Crippen LogP contribution in [0.15, 0.2) is 29.3 Å². The second-order valence-electron chi connectivity index (χ2n) is 4.86. The molecule has 0 aromatic heterocycles. The van der Waals surface area contributed by atoms with E-state index in [9.17, 15) is 17.6 Å². The van der Waals surface area contributed by atoms with Crippen LogP contribution in [0.4, 0.5) is 15.8 Å². The van der Waals surface area contributed by atoms with Crippen LogP contribution in [0, 0.1) is 5.82 Å². The fourth-order valence-electron chi connectivity index (χ4n) is 1.78. The molecule has 0 atom stereocenters. The van der Waals surface area contributed by atoms with E-state index < -0.39 is 15.8 Å². The van der Waals surface area contributed by atoms with Gasteiger partial charge in [-0.3, -0.25) is 9.52 Å².